The van der Waals surface area contributed by atoms with Gasteiger partial charge in [0.05, 0.1) is 12.7 Å². The quantitative estimate of drug-likeness (QED) is 0.684. The van der Waals surface area contributed by atoms with E-state index in [-0.39, 0.29) is 0 Å². The molecule has 3 nitrogen and oxygen atoms in total. The van der Waals surface area contributed by atoms with Crippen LogP contribution in [0, 0.1) is 0 Å². The smallest absolute Gasteiger partial charge is 0.0587 e. The highest BCUT2D eigenvalue weighted by Crippen LogP contribution is 2.27. The number of benzene rings is 1. The Bertz CT molecular complexity index is 408. The van der Waals surface area contributed by atoms with Crippen molar-refractivity contribution in [3.63, 3.8) is 0 Å². The molecule has 4 heteroatoms. The monoisotopic (exact) mass is 355 g/mol. The number of nitrogens with one attached hydrogen (secondary N) is 1. The van der Waals surface area contributed by atoms with Crippen molar-refractivity contribution in [3.8, 4) is 0 Å². The van der Waals surface area contributed by atoms with E-state index in [0.717, 1.165) is 37.2 Å². The van der Waals surface area contributed by atoms with Gasteiger partial charge < -0.3 is 14.8 Å². The molecule has 1 aliphatic heterocycles. The van der Waals surface area contributed by atoms with Crippen molar-refractivity contribution in [1.29, 1.82) is 0 Å². The van der Waals surface area contributed by atoms with Gasteiger partial charge in [0.25, 0.3) is 0 Å². The summed E-state index contributed by atoms with van der Waals surface area (Å²) in [5.74, 6) is 0.531. The first-order chi connectivity index (χ1) is 10.3. The van der Waals surface area contributed by atoms with E-state index in [1.165, 1.54) is 24.8 Å². The van der Waals surface area contributed by atoms with Gasteiger partial charge in [0, 0.05) is 31.3 Å². The number of hydrogen-bond donors (Lipinski definition) is 1. The van der Waals surface area contributed by atoms with Crippen molar-refractivity contribution in [2.45, 2.75) is 37.7 Å². The summed E-state index contributed by atoms with van der Waals surface area (Å²) in [6, 6.07) is 8.66. The fourth-order valence-electron chi connectivity index (χ4n) is 2.86. The van der Waals surface area contributed by atoms with Crippen molar-refractivity contribution in [1.82, 2.24) is 5.32 Å². The first-order valence-electron chi connectivity index (χ1n) is 7.86. The zero-order valence-electron chi connectivity index (χ0n) is 12.8. The Labute approximate surface area is 136 Å². The molecule has 1 N–H and O–H groups in total. The van der Waals surface area contributed by atoms with Gasteiger partial charge >= 0.3 is 0 Å². The number of hydrogen-bond acceptors (Lipinski definition) is 3. The Kier molecular flexibility index (Phi) is 7.72. The first-order valence-corrected chi connectivity index (χ1v) is 8.65. The van der Waals surface area contributed by atoms with Gasteiger partial charge in [0.1, 0.15) is 0 Å². The predicted molar refractivity (Wildman–Crippen MR) is 89.8 cm³/mol. The van der Waals surface area contributed by atoms with Gasteiger partial charge in [-0.1, -0.05) is 28.1 Å². The molecule has 1 saturated heterocycles. The van der Waals surface area contributed by atoms with Crippen LogP contribution in [0.25, 0.3) is 0 Å². The lowest BCUT2D eigenvalue weighted by molar-refractivity contribution is 0.100. The normalized spacial score (nSPS) is 19.8. The fourth-order valence-corrected chi connectivity index (χ4v) is 3.27. The lowest BCUT2D eigenvalue weighted by Gasteiger charge is -2.20. The van der Waals surface area contributed by atoms with Gasteiger partial charge in [-0.2, -0.15) is 0 Å². The Morgan fingerprint density at radius 1 is 1.48 bits per heavy atom. The summed E-state index contributed by atoms with van der Waals surface area (Å²) in [7, 11) is 1.74. The van der Waals surface area contributed by atoms with Crippen LogP contribution in [0.1, 0.15) is 37.2 Å². The number of ether oxygens (including phenoxy) is 2. The van der Waals surface area contributed by atoms with Crippen LogP contribution >= 0.6 is 15.9 Å². The Hall–Kier alpha value is -0.420. The zero-order valence-corrected chi connectivity index (χ0v) is 14.4. The SMILES string of the molecule is COCCNCC(CCC1CCCO1)c1cccc(Br)c1. The average molecular weight is 356 g/mol. The molecule has 21 heavy (non-hydrogen) atoms. The van der Waals surface area contributed by atoms with Gasteiger partial charge in [-0.25, -0.2) is 0 Å². The Balaban J connectivity index is 1.88. The minimum absolute atomic E-state index is 0.471. The summed E-state index contributed by atoms with van der Waals surface area (Å²) in [6.07, 6.45) is 5.24. The van der Waals surface area contributed by atoms with Crippen LogP contribution in [-0.2, 0) is 9.47 Å². The molecule has 0 radical (unpaired) electrons. The molecule has 1 heterocycles. The maximum Gasteiger partial charge on any atom is 0.0587 e. The van der Waals surface area contributed by atoms with Crippen LogP contribution < -0.4 is 5.32 Å². The predicted octanol–water partition coefficient (Wildman–Crippen LogP) is 3.73. The largest absolute Gasteiger partial charge is 0.383 e. The summed E-state index contributed by atoms with van der Waals surface area (Å²) in [5, 5.41) is 3.50. The molecule has 2 unspecified atom stereocenters. The van der Waals surface area contributed by atoms with E-state index in [9.17, 15) is 0 Å². The van der Waals surface area contributed by atoms with E-state index in [1.54, 1.807) is 7.11 Å². The van der Waals surface area contributed by atoms with Crippen molar-refractivity contribution in [3.05, 3.63) is 34.3 Å². The second-order valence-corrected chi connectivity index (χ2v) is 6.58. The number of halogens is 1. The summed E-state index contributed by atoms with van der Waals surface area (Å²) >= 11 is 3.58. The van der Waals surface area contributed by atoms with Gasteiger partial charge in [-0.15, -0.1) is 0 Å². The summed E-state index contributed by atoms with van der Waals surface area (Å²) in [4.78, 5) is 0. The van der Waals surface area contributed by atoms with E-state index >= 15 is 0 Å². The van der Waals surface area contributed by atoms with Crippen LogP contribution in [0.4, 0.5) is 0 Å². The van der Waals surface area contributed by atoms with E-state index < -0.39 is 0 Å². The molecule has 1 aromatic carbocycles. The van der Waals surface area contributed by atoms with Crippen molar-refractivity contribution in [2.75, 3.05) is 33.4 Å². The van der Waals surface area contributed by atoms with Crippen LogP contribution in [0.2, 0.25) is 0 Å². The second-order valence-electron chi connectivity index (χ2n) is 5.66. The van der Waals surface area contributed by atoms with Crippen molar-refractivity contribution < 1.29 is 9.47 Å². The fraction of sp³-hybridized carbons (Fsp3) is 0.647. The molecule has 0 spiro atoms. The third-order valence-electron chi connectivity index (χ3n) is 4.05. The Morgan fingerprint density at radius 2 is 2.38 bits per heavy atom. The molecule has 0 aromatic heterocycles. The molecule has 1 fully saturated rings. The maximum absolute atomic E-state index is 5.76. The highest BCUT2D eigenvalue weighted by molar-refractivity contribution is 9.10. The molecular weight excluding hydrogens is 330 g/mol. The van der Waals surface area contributed by atoms with Crippen LogP contribution in [0.15, 0.2) is 28.7 Å². The molecule has 0 amide bonds. The third-order valence-corrected chi connectivity index (χ3v) is 4.55. The van der Waals surface area contributed by atoms with E-state index in [2.05, 4.69) is 45.5 Å². The van der Waals surface area contributed by atoms with Gasteiger partial charge in [0.15, 0.2) is 0 Å². The minimum atomic E-state index is 0.471. The second kappa shape index (κ2) is 9.57. The average Bonchev–Trinajstić information content (AvgIpc) is 3.00. The highest BCUT2D eigenvalue weighted by Gasteiger charge is 2.19. The summed E-state index contributed by atoms with van der Waals surface area (Å²) in [5.41, 5.74) is 1.40. The molecule has 0 bridgehead atoms. The number of methoxy groups -OCH3 is 1. The van der Waals surface area contributed by atoms with Crippen molar-refractivity contribution in [2.24, 2.45) is 0 Å². The topological polar surface area (TPSA) is 30.5 Å². The maximum atomic E-state index is 5.76. The molecule has 0 saturated carbocycles. The molecule has 2 atom stereocenters. The zero-order chi connectivity index (χ0) is 14.9. The lowest BCUT2D eigenvalue weighted by atomic mass is 9.92. The molecule has 0 aliphatic carbocycles. The third kappa shape index (κ3) is 6.07. The molecule has 1 aromatic rings. The van der Waals surface area contributed by atoms with E-state index in [1.807, 2.05) is 0 Å². The Morgan fingerprint density at radius 3 is 3.10 bits per heavy atom. The van der Waals surface area contributed by atoms with Crippen LogP contribution in [0.5, 0.6) is 0 Å². The summed E-state index contributed by atoms with van der Waals surface area (Å²) in [6.45, 7) is 3.60. The lowest BCUT2D eigenvalue weighted by Crippen LogP contribution is -2.25. The molecule has 2 rings (SSSR count). The van der Waals surface area contributed by atoms with E-state index in [0.29, 0.717) is 12.0 Å². The van der Waals surface area contributed by atoms with Gasteiger partial charge in [0.2, 0.25) is 0 Å². The molecular formula is C17H26BrNO2. The molecule has 1 aliphatic rings. The van der Waals surface area contributed by atoms with E-state index in [4.69, 9.17) is 9.47 Å². The van der Waals surface area contributed by atoms with Crippen molar-refractivity contribution >= 4 is 15.9 Å². The standard InChI is InChI=1S/C17H26BrNO2/c1-20-11-9-19-13-15(7-8-17-6-3-10-21-17)14-4-2-5-16(18)12-14/h2,4-5,12,15,17,19H,3,6-11,13H2,1H3. The van der Waals surface area contributed by atoms with Gasteiger partial charge in [-0.05, 0) is 49.3 Å². The number of rotatable bonds is 9. The van der Waals surface area contributed by atoms with Gasteiger partial charge in [-0.3, -0.25) is 0 Å². The minimum Gasteiger partial charge on any atom is -0.383 e. The molecule has 118 valence electrons. The van der Waals surface area contributed by atoms with Crippen LogP contribution in [-0.4, -0.2) is 39.5 Å². The summed E-state index contributed by atoms with van der Waals surface area (Å²) < 4.78 is 12.0. The first kappa shape index (κ1) is 16.9. The van der Waals surface area contributed by atoms with Crippen LogP contribution in [0.3, 0.4) is 0 Å². The highest BCUT2D eigenvalue weighted by atomic mass is 79.9.